The number of hydrogen-bond donors (Lipinski definition) is 0. The number of rotatable bonds is 3. The van der Waals surface area contributed by atoms with Gasteiger partial charge in [-0.2, -0.15) is 5.26 Å². The van der Waals surface area contributed by atoms with Crippen molar-refractivity contribution < 1.29 is 4.79 Å². The molecule has 1 aromatic carbocycles. The maximum atomic E-state index is 11.7. The Morgan fingerprint density at radius 1 is 1.44 bits per heavy atom. The van der Waals surface area contributed by atoms with E-state index in [4.69, 9.17) is 5.26 Å². The van der Waals surface area contributed by atoms with Gasteiger partial charge in [-0.1, -0.05) is 12.1 Å². The third-order valence-electron chi connectivity index (χ3n) is 2.81. The average Bonchev–Trinajstić information content (AvgIpc) is 3.13. The lowest BCUT2D eigenvalue weighted by molar-refractivity contribution is -0.131. The molecule has 16 heavy (non-hydrogen) atoms. The van der Waals surface area contributed by atoms with Crippen molar-refractivity contribution in [1.82, 2.24) is 4.90 Å². The van der Waals surface area contributed by atoms with Gasteiger partial charge in [-0.25, -0.2) is 0 Å². The number of nitriles is 1. The zero-order valence-corrected chi connectivity index (χ0v) is 9.31. The monoisotopic (exact) mass is 214 g/mol. The van der Waals surface area contributed by atoms with E-state index in [2.05, 4.69) is 6.07 Å². The average molecular weight is 214 g/mol. The molecule has 1 aliphatic carbocycles. The fourth-order valence-electron chi connectivity index (χ4n) is 1.68. The first-order valence-electron chi connectivity index (χ1n) is 5.44. The van der Waals surface area contributed by atoms with Gasteiger partial charge < -0.3 is 4.90 Å². The molecule has 0 spiro atoms. The maximum Gasteiger partial charge on any atom is 0.225 e. The third-order valence-corrected chi connectivity index (χ3v) is 2.81. The van der Waals surface area contributed by atoms with Crippen LogP contribution in [0.4, 0.5) is 0 Å². The van der Waals surface area contributed by atoms with Crippen molar-refractivity contribution in [3.8, 4) is 6.07 Å². The molecule has 1 aromatic rings. The quantitative estimate of drug-likeness (QED) is 0.771. The second-order valence-corrected chi connectivity index (χ2v) is 4.28. The van der Waals surface area contributed by atoms with E-state index >= 15 is 0 Å². The van der Waals surface area contributed by atoms with Crippen LogP contribution in [0.15, 0.2) is 24.3 Å². The molecule has 1 fully saturated rings. The Labute approximate surface area is 95.3 Å². The van der Waals surface area contributed by atoms with Crippen LogP contribution in [0.3, 0.4) is 0 Å². The van der Waals surface area contributed by atoms with Gasteiger partial charge in [0.2, 0.25) is 5.91 Å². The van der Waals surface area contributed by atoms with Crippen molar-refractivity contribution in [2.24, 2.45) is 5.92 Å². The molecule has 0 N–H and O–H groups in total. The number of hydrogen-bond acceptors (Lipinski definition) is 2. The van der Waals surface area contributed by atoms with E-state index in [9.17, 15) is 4.79 Å². The first-order valence-corrected chi connectivity index (χ1v) is 5.44. The summed E-state index contributed by atoms with van der Waals surface area (Å²) >= 11 is 0. The summed E-state index contributed by atoms with van der Waals surface area (Å²) in [7, 11) is 1.83. The number of nitrogens with zero attached hydrogens (tertiary/aromatic N) is 2. The summed E-state index contributed by atoms with van der Waals surface area (Å²) in [4.78, 5) is 13.5. The van der Waals surface area contributed by atoms with Gasteiger partial charge in [-0.15, -0.1) is 0 Å². The molecule has 0 aromatic heterocycles. The number of carbonyl (C=O) groups is 1. The van der Waals surface area contributed by atoms with Gasteiger partial charge in [0.15, 0.2) is 0 Å². The Bertz CT molecular complexity index is 426. The largest absolute Gasteiger partial charge is 0.341 e. The maximum absolute atomic E-state index is 11.7. The molecule has 3 nitrogen and oxygen atoms in total. The van der Waals surface area contributed by atoms with E-state index in [0.29, 0.717) is 12.1 Å². The highest BCUT2D eigenvalue weighted by atomic mass is 16.2. The molecule has 0 bridgehead atoms. The number of benzene rings is 1. The molecule has 0 atom stereocenters. The molecule has 0 aliphatic heterocycles. The number of amides is 1. The van der Waals surface area contributed by atoms with Crippen molar-refractivity contribution in [1.29, 1.82) is 5.26 Å². The molecular formula is C13H14N2O. The van der Waals surface area contributed by atoms with E-state index in [1.54, 1.807) is 17.0 Å². The van der Waals surface area contributed by atoms with Gasteiger partial charge in [0.1, 0.15) is 0 Å². The van der Waals surface area contributed by atoms with Gasteiger partial charge in [0.05, 0.1) is 11.6 Å². The second-order valence-electron chi connectivity index (χ2n) is 4.28. The first-order chi connectivity index (χ1) is 7.70. The molecule has 82 valence electrons. The summed E-state index contributed by atoms with van der Waals surface area (Å²) in [5, 5.41) is 8.67. The van der Waals surface area contributed by atoms with Crippen LogP contribution in [0.25, 0.3) is 0 Å². The zero-order valence-electron chi connectivity index (χ0n) is 9.31. The Kier molecular flexibility index (Phi) is 2.91. The van der Waals surface area contributed by atoms with Gasteiger partial charge in [0, 0.05) is 19.5 Å². The minimum absolute atomic E-state index is 0.240. The molecular weight excluding hydrogens is 200 g/mol. The zero-order chi connectivity index (χ0) is 11.5. The van der Waals surface area contributed by atoms with E-state index in [-0.39, 0.29) is 11.8 Å². The normalized spacial score (nSPS) is 14.2. The van der Waals surface area contributed by atoms with Crippen LogP contribution in [-0.4, -0.2) is 17.9 Å². The molecule has 3 heteroatoms. The lowest BCUT2D eigenvalue weighted by atomic mass is 10.1. The minimum atomic E-state index is 0.240. The summed E-state index contributed by atoms with van der Waals surface area (Å²) in [6.45, 7) is 0.626. The standard InChI is InChI=1S/C13H14N2O/c1-15(13(16)12-6-7-12)9-11-4-2-10(8-14)3-5-11/h2-5,12H,6-7,9H2,1H3. The summed E-state index contributed by atoms with van der Waals surface area (Å²) in [5.74, 6) is 0.507. The smallest absolute Gasteiger partial charge is 0.225 e. The molecule has 2 rings (SSSR count). The predicted molar refractivity (Wildman–Crippen MR) is 60.4 cm³/mol. The van der Waals surface area contributed by atoms with E-state index < -0.39 is 0 Å². The topological polar surface area (TPSA) is 44.1 Å². The van der Waals surface area contributed by atoms with Gasteiger partial charge >= 0.3 is 0 Å². The highest BCUT2D eigenvalue weighted by Crippen LogP contribution is 2.30. The van der Waals surface area contributed by atoms with Gasteiger partial charge in [0.25, 0.3) is 0 Å². The molecule has 1 saturated carbocycles. The Morgan fingerprint density at radius 2 is 2.06 bits per heavy atom. The van der Waals surface area contributed by atoms with Crippen LogP contribution in [0.5, 0.6) is 0 Å². The van der Waals surface area contributed by atoms with E-state index in [1.807, 2.05) is 19.2 Å². The lowest BCUT2D eigenvalue weighted by Gasteiger charge is -2.16. The lowest BCUT2D eigenvalue weighted by Crippen LogP contribution is -2.27. The first kappa shape index (κ1) is 10.7. The van der Waals surface area contributed by atoms with Crippen LogP contribution >= 0.6 is 0 Å². The minimum Gasteiger partial charge on any atom is -0.341 e. The molecule has 0 heterocycles. The SMILES string of the molecule is CN(Cc1ccc(C#N)cc1)C(=O)C1CC1. The summed E-state index contributed by atoms with van der Waals surface area (Å²) in [6.07, 6.45) is 2.08. The molecule has 1 amide bonds. The van der Waals surface area contributed by atoms with Gasteiger partial charge in [-0.05, 0) is 30.5 Å². The van der Waals surface area contributed by atoms with Crippen molar-refractivity contribution >= 4 is 5.91 Å². The summed E-state index contributed by atoms with van der Waals surface area (Å²) in [5.41, 5.74) is 1.72. The summed E-state index contributed by atoms with van der Waals surface area (Å²) < 4.78 is 0. The van der Waals surface area contributed by atoms with Crippen LogP contribution in [0.2, 0.25) is 0 Å². The molecule has 1 aliphatic rings. The molecule has 0 unspecified atom stereocenters. The van der Waals surface area contributed by atoms with Crippen molar-refractivity contribution in [3.05, 3.63) is 35.4 Å². The Hall–Kier alpha value is -1.82. The van der Waals surface area contributed by atoms with Crippen LogP contribution in [0.1, 0.15) is 24.0 Å². The van der Waals surface area contributed by atoms with Crippen molar-refractivity contribution in [2.75, 3.05) is 7.05 Å². The Balaban J connectivity index is 1.97. The highest BCUT2D eigenvalue weighted by Gasteiger charge is 2.31. The van der Waals surface area contributed by atoms with Crippen molar-refractivity contribution in [2.45, 2.75) is 19.4 Å². The molecule has 0 radical (unpaired) electrons. The van der Waals surface area contributed by atoms with E-state index in [0.717, 1.165) is 18.4 Å². The Morgan fingerprint density at radius 3 is 2.56 bits per heavy atom. The van der Waals surface area contributed by atoms with Gasteiger partial charge in [-0.3, -0.25) is 4.79 Å². The fraction of sp³-hybridized carbons (Fsp3) is 0.385. The highest BCUT2D eigenvalue weighted by molar-refractivity contribution is 5.80. The summed E-state index contributed by atoms with van der Waals surface area (Å²) in [6, 6.07) is 9.44. The van der Waals surface area contributed by atoms with Crippen molar-refractivity contribution in [3.63, 3.8) is 0 Å². The van der Waals surface area contributed by atoms with Crippen LogP contribution in [-0.2, 0) is 11.3 Å². The number of carbonyl (C=O) groups excluding carboxylic acids is 1. The van der Waals surface area contributed by atoms with E-state index in [1.165, 1.54) is 0 Å². The van der Waals surface area contributed by atoms with Crippen LogP contribution < -0.4 is 0 Å². The predicted octanol–water partition coefficient (Wildman–Crippen LogP) is 1.93. The fourth-order valence-corrected chi connectivity index (χ4v) is 1.68. The third kappa shape index (κ3) is 2.40. The molecule has 0 saturated heterocycles. The second kappa shape index (κ2) is 4.36. The van der Waals surface area contributed by atoms with Crippen LogP contribution in [0, 0.1) is 17.2 Å².